The Bertz CT molecular complexity index is 496. The van der Waals surface area contributed by atoms with Gasteiger partial charge in [0.2, 0.25) is 5.91 Å². The fourth-order valence-electron chi connectivity index (χ4n) is 2.23. The lowest BCUT2D eigenvalue weighted by atomic mass is 10.2. The van der Waals surface area contributed by atoms with Crippen molar-refractivity contribution in [1.29, 1.82) is 0 Å². The van der Waals surface area contributed by atoms with E-state index in [4.69, 9.17) is 18.0 Å². The fraction of sp³-hybridized carbons (Fsp3) is 0.467. The molecule has 0 bridgehead atoms. The van der Waals surface area contributed by atoms with Crippen molar-refractivity contribution < 1.29 is 4.79 Å². The normalized spacial score (nSPS) is 15.9. The highest BCUT2D eigenvalue weighted by molar-refractivity contribution is 7.80. The molecule has 0 aromatic heterocycles. The number of benzene rings is 1. The Hall–Kier alpha value is -1.46. The number of hydrogen-bond acceptors (Lipinski definition) is 3. The van der Waals surface area contributed by atoms with Crippen LogP contribution in [-0.4, -0.2) is 35.4 Å². The van der Waals surface area contributed by atoms with Crippen molar-refractivity contribution in [2.75, 3.05) is 18.9 Å². The zero-order chi connectivity index (χ0) is 14.7. The molecule has 1 aromatic carbocycles. The first-order valence-electron chi connectivity index (χ1n) is 6.87. The quantitative estimate of drug-likeness (QED) is 0.787. The molecule has 2 rings (SSSR count). The first kappa shape index (κ1) is 14.9. The van der Waals surface area contributed by atoms with Crippen LogP contribution in [0.25, 0.3) is 0 Å². The average molecular weight is 291 g/mol. The van der Waals surface area contributed by atoms with Gasteiger partial charge >= 0.3 is 0 Å². The third-order valence-electron chi connectivity index (χ3n) is 3.85. The van der Waals surface area contributed by atoms with Crippen LogP contribution < -0.4 is 11.1 Å². The predicted octanol–water partition coefficient (Wildman–Crippen LogP) is 1.99. The van der Waals surface area contributed by atoms with Gasteiger partial charge in [0.05, 0.1) is 6.54 Å². The third-order valence-corrected chi connectivity index (χ3v) is 4.08. The van der Waals surface area contributed by atoms with Crippen LogP contribution >= 0.6 is 12.2 Å². The van der Waals surface area contributed by atoms with Gasteiger partial charge in [-0.15, -0.1) is 0 Å². The summed E-state index contributed by atoms with van der Waals surface area (Å²) in [5, 5.41) is 2.89. The molecule has 1 unspecified atom stereocenters. The van der Waals surface area contributed by atoms with Crippen LogP contribution in [0.5, 0.6) is 0 Å². The number of nitrogens with two attached hydrogens (primary N) is 1. The Morgan fingerprint density at radius 2 is 2.05 bits per heavy atom. The number of nitrogens with one attached hydrogen (secondary N) is 1. The Morgan fingerprint density at radius 1 is 1.45 bits per heavy atom. The van der Waals surface area contributed by atoms with E-state index in [1.807, 2.05) is 31.3 Å². The van der Waals surface area contributed by atoms with Gasteiger partial charge in [-0.25, -0.2) is 0 Å². The Kier molecular flexibility index (Phi) is 4.73. The van der Waals surface area contributed by atoms with E-state index in [1.165, 1.54) is 12.8 Å². The number of nitrogens with zero attached hydrogens (tertiary/aromatic N) is 1. The summed E-state index contributed by atoms with van der Waals surface area (Å²) in [6.45, 7) is 2.59. The first-order chi connectivity index (χ1) is 9.47. The van der Waals surface area contributed by atoms with Gasteiger partial charge in [0.1, 0.15) is 4.99 Å². The number of likely N-dealkylation sites (N-methyl/N-ethyl adjacent to an activating group) is 1. The van der Waals surface area contributed by atoms with E-state index in [-0.39, 0.29) is 5.91 Å². The number of hydrogen-bond donors (Lipinski definition) is 2. The zero-order valence-corrected chi connectivity index (χ0v) is 12.7. The maximum absolute atomic E-state index is 12.0. The topological polar surface area (TPSA) is 58.4 Å². The lowest BCUT2D eigenvalue weighted by Gasteiger charge is -2.23. The van der Waals surface area contributed by atoms with Gasteiger partial charge in [-0.2, -0.15) is 0 Å². The maximum Gasteiger partial charge on any atom is 0.238 e. The van der Waals surface area contributed by atoms with Gasteiger partial charge in [-0.05, 0) is 57.0 Å². The van der Waals surface area contributed by atoms with Crippen molar-refractivity contribution in [2.45, 2.75) is 25.8 Å². The molecule has 1 saturated carbocycles. The smallest absolute Gasteiger partial charge is 0.238 e. The van der Waals surface area contributed by atoms with Gasteiger partial charge in [0.15, 0.2) is 0 Å². The van der Waals surface area contributed by atoms with Crippen molar-refractivity contribution in [3.05, 3.63) is 29.8 Å². The summed E-state index contributed by atoms with van der Waals surface area (Å²) >= 11 is 4.89. The highest BCUT2D eigenvalue weighted by atomic mass is 32.1. The van der Waals surface area contributed by atoms with Crippen LogP contribution in [0.15, 0.2) is 24.3 Å². The molecule has 0 aliphatic heterocycles. The van der Waals surface area contributed by atoms with E-state index in [1.54, 1.807) is 0 Å². The molecule has 3 N–H and O–H groups in total. The van der Waals surface area contributed by atoms with E-state index in [0.29, 0.717) is 17.6 Å². The molecule has 0 saturated heterocycles. The summed E-state index contributed by atoms with van der Waals surface area (Å²) in [4.78, 5) is 14.5. The molecule has 5 heteroatoms. The molecular formula is C15H21N3OS. The Morgan fingerprint density at radius 3 is 2.55 bits per heavy atom. The van der Waals surface area contributed by atoms with Gasteiger partial charge < -0.3 is 11.1 Å². The second-order valence-electron chi connectivity index (χ2n) is 5.48. The summed E-state index contributed by atoms with van der Waals surface area (Å²) in [5.74, 6) is 0.765. The van der Waals surface area contributed by atoms with Gasteiger partial charge in [-0.1, -0.05) is 12.2 Å². The SMILES string of the molecule is CC(C1CC1)N(C)CC(=O)Nc1ccc(C(N)=S)cc1. The highest BCUT2D eigenvalue weighted by Gasteiger charge is 2.30. The maximum atomic E-state index is 12.0. The van der Waals surface area contributed by atoms with E-state index in [9.17, 15) is 4.79 Å². The molecule has 1 fully saturated rings. The van der Waals surface area contributed by atoms with Crippen LogP contribution in [0.1, 0.15) is 25.3 Å². The number of amides is 1. The van der Waals surface area contributed by atoms with Gasteiger partial charge in [-0.3, -0.25) is 9.69 Å². The molecule has 1 aromatic rings. The van der Waals surface area contributed by atoms with Crippen LogP contribution in [0.2, 0.25) is 0 Å². The number of carbonyl (C=O) groups is 1. The molecule has 4 nitrogen and oxygen atoms in total. The number of anilines is 1. The fourth-order valence-corrected chi connectivity index (χ4v) is 2.36. The van der Waals surface area contributed by atoms with Crippen molar-refractivity contribution in [3.8, 4) is 0 Å². The molecule has 1 amide bonds. The van der Waals surface area contributed by atoms with E-state index in [0.717, 1.165) is 17.2 Å². The summed E-state index contributed by atoms with van der Waals surface area (Å²) < 4.78 is 0. The molecule has 108 valence electrons. The monoisotopic (exact) mass is 291 g/mol. The number of rotatable bonds is 6. The van der Waals surface area contributed by atoms with Crippen LogP contribution in [-0.2, 0) is 4.79 Å². The summed E-state index contributed by atoms with van der Waals surface area (Å²) in [6.07, 6.45) is 2.57. The molecule has 0 spiro atoms. The Balaban J connectivity index is 1.85. The molecule has 1 atom stereocenters. The second kappa shape index (κ2) is 6.33. The van der Waals surface area contributed by atoms with E-state index >= 15 is 0 Å². The minimum atomic E-state index is 0.00285. The summed E-state index contributed by atoms with van der Waals surface area (Å²) in [5.41, 5.74) is 7.11. The van der Waals surface area contributed by atoms with Crippen molar-refractivity contribution in [3.63, 3.8) is 0 Å². The molecule has 0 heterocycles. The zero-order valence-electron chi connectivity index (χ0n) is 11.9. The average Bonchev–Trinajstić information content (AvgIpc) is 3.22. The molecule has 1 aliphatic rings. The van der Waals surface area contributed by atoms with Crippen molar-refractivity contribution in [1.82, 2.24) is 4.90 Å². The summed E-state index contributed by atoms with van der Waals surface area (Å²) in [6, 6.07) is 7.73. The molecular weight excluding hydrogens is 270 g/mol. The van der Waals surface area contributed by atoms with Crippen LogP contribution in [0, 0.1) is 5.92 Å². The van der Waals surface area contributed by atoms with Crippen LogP contribution in [0.3, 0.4) is 0 Å². The second-order valence-corrected chi connectivity index (χ2v) is 5.92. The predicted molar refractivity (Wildman–Crippen MR) is 85.8 cm³/mol. The molecule has 0 radical (unpaired) electrons. The lowest BCUT2D eigenvalue weighted by molar-refractivity contribution is -0.117. The minimum Gasteiger partial charge on any atom is -0.389 e. The third kappa shape index (κ3) is 4.02. The minimum absolute atomic E-state index is 0.00285. The van der Waals surface area contributed by atoms with Gasteiger partial charge in [0.25, 0.3) is 0 Å². The standard InChI is InChI=1S/C15H21N3OS/c1-10(11-3-4-11)18(2)9-14(19)17-13-7-5-12(6-8-13)15(16)20/h5-8,10-11H,3-4,9H2,1-2H3,(H2,16,20)(H,17,19). The lowest BCUT2D eigenvalue weighted by Crippen LogP contribution is -2.37. The Labute approximate surface area is 125 Å². The number of carbonyl (C=O) groups excluding carboxylic acids is 1. The van der Waals surface area contributed by atoms with Gasteiger partial charge in [0, 0.05) is 17.3 Å². The highest BCUT2D eigenvalue weighted by Crippen LogP contribution is 2.34. The first-order valence-corrected chi connectivity index (χ1v) is 7.28. The van der Waals surface area contributed by atoms with Crippen LogP contribution in [0.4, 0.5) is 5.69 Å². The summed E-state index contributed by atoms with van der Waals surface area (Å²) in [7, 11) is 2.00. The van der Waals surface area contributed by atoms with E-state index in [2.05, 4.69) is 17.1 Å². The van der Waals surface area contributed by atoms with Crippen molar-refractivity contribution in [2.24, 2.45) is 11.7 Å². The van der Waals surface area contributed by atoms with Crippen molar-refractivity contribution >= 4 is 28.8 Å². The molecule has 1 aliphatic carbocycles. The number of thiocarbonyl (C=S) groups is 1. The van der Waals surface area contributed by atoms with E-state index < -0.39 is 0 Å². The largest absolute Gasteiger partial charge is 0.389 e. The molecule has 20 heavy (non-hydrogen) atoms.